The molecule has 0 spiro atoms. The van der Waals surface area contributed by atoms with Crippen LogP contribution in [0.25, 0.3) is 0 Å². The van der Waals surface area contributed by atoms with Gasteiger partial charge in [0.05, 0.1) is 6.26 Å². The lowest BCUT2D eigenvalue weighted by molar-refractivity contribution is 0.309. The largest absolute Gasteiger partial charge is 0.369 e. The molecule has 0 saturated carbocycles. The molecule has 18 heavy (non-hydrogen) atoms. The highest BCUT2D eigenvalue weighted by atomic mass is 32.2. The molecular formula is C12H17FN2O2S. The molecule has 1 aromatic carbocycles. The van der Waals surface area contributed by atoms with Crippen LogP contribution in [-0.4, -0.2) is 44.7 Å². The fraction of sp³-hybridized carbons (Fsp3) is 0.500. The number of benzene rings is 1. The molecule has 1 aliphatic rings. The van der Waals surface area contributed by atoms with Gasteiger partial charge in [0.1, 0.15) is 5.82 Å². The van der Waals surface area contributed by atoms with Gasteiger partial charge in [-0.2, -0.15) is 4.31 Å². The van der Waals surface area contributed by atoms with Gasteiger partial charge in [-0.05, 0) is 31.2 Å². The van der Waals surface area contributed by atoms with E-state index in [0.29, 0.717) is 19.6 Å². The second-order valence-corrected chi connectivity index (χ2v) is 6.58. The zero-order valence-corrected chi connectivity index (χ0v) is 11.3. The Balaban J connectivity index is 2.11. The van der Waals surface area contributed by atoms with Gasteiger partial charge in [-0.3, -0.25) is 0 Å². The third-order valence-corrected chi connectivity index (χ3v) is 4.58. The van der Waals surface area contributed by atoms with E-state index in [1.807, 2.05) is 6.92 Å². The molecule has 0 aliphatic carbocycles. The Morgan fingerprint density at radius 1 is 1.22 bits per heavy atom. The molecule has 6 heteroatoms. The van der Waals surface area contributed by atoms with Crippen molar-refractivity contribution in [1.29, 1.82) is 0 Å². The minimum Gasteiger partial charge on any atom is -0.369 e. The Bertz CT molecular complexity index is 515. The molecule has 2 rings (SSSR count). The number of anilines is 1. The molecule has 1 fully saturated rings. The van der Waals surface area contributed by atoms with E-state index in [2.05, 4.69) is 4.90 Å². The van der Waals surface area contributed by atoms with Gasteiger partial charge in [-0.25, -0.2) is 12.8 Å². The highest BCUT2D eigenvalue weighted by Crippen LogP contribution is 2.20. The summed E-state index contributed by atoms with van der Waals surface area (Å²) in [5.41, 5.74) is 0.927. The molecule has 0 aromatic heterocycles. The van der Waals surface area contributed by atoms with Crippen LogP contribution in [-0.2, 0) is 10.0 Å². The van der Waals surface area contributed by atoms with E-state index in [4.69, 9.17) is 0 Å². The van der Waals surface area contributed by atoms with E-state index >= 15 is 0 Å². The minimum atomic E-state index is -3.14. The van der Waals surface area contributed by atoms with Gasteiger partial charge in [-0.15, -0.1) is 0 Å². The Kier molecular flexibility index (Phi) is 3.59. The van der Waals surface area contributed by atoms with E-state index < -0.39 is 10.0 Å². The molecule has 1 atom stereocenters. The van der Waals surface area contributed by atoms with Crippen LogP contribution >= 0.6 is 0 Å². The fourth-order valence-electron chi connectivity index (χ4n) is 2.32. The zero-order chi connectivity index (χ0) is 13.3. The van der Waals surface area contributed by atoms with Gasteiger partial charge < -0.3 is 4.90 Å². The van der Waals surface area contributed by atoms with Gasteiger partial charge in [0, 0.05) is 31.4 Å². The summed E-state index contributed by atoms with van der Waals surface area (Å²) in [7, 11) is -3.14. The predicted octanol–water partition coefficient (Wildman–Crippen LogP) is 1.30. The number of nitrogens with zero attached hydrogens (tertiary/aromatic N) is 2. The summed E-state index contributed by atoms with van der Waals surface area (Å²) >= 11 is 0. The molecule has 0 amide bonds. The average Bonchev–Trinajstić information content (AvgIpc) is 2.28. The molecular weight excluding hydrogens is 255 g/mol. The van der Waals surface area contributed by atoms with Crippen molar-refractivity contribution < 1.29 is 12.8 Å². The third kappa shape index (κ3) is 2.81. The van der Waals surface area contributed by atoms with Gasteiger partial charge >= 0.3 is 0 Å². The van der Waals surface area contributed by atoms with Gasteiger partial charge in [-0.1, -0.05) is 0 Å². The molecule has 1 saturated heterocycles. The van der Waals surface area contributed by atoms with Crippen molar-refractivity contribution in [3.8, 4) is 0 Å². The molecule has 0 radical (unpaired) electrons. The van der Waals surface area contributed by atoms with Crippen molar-refractivity contribution in [3.63, 3.8) is 0 Å². The molecule has 1 aliphatic heterocycles. The summed E-state index contributed by atoms with van der Waals surface area (Å²) < 4.78 is 37.4. The van der Waals surface area contributed by atoms with Crippen LogP contribution < -0.4 is 4.90 Å². The van der Waals surface area contributed by atoms with Crippen molar-refractivity contribution in [1.82, 2.24) is 4.31 Å². The number of hydrogen-bond acceptors (Lipinski definition) is 3. The Labute approximate surface area is 107 Å². The molecule has 4 nitrogen and oxygen atoms in total. The summed E-state index contributed by atoms with van der Waals surface area (Å²) in [6, 6.07) is 6.21. The number of rotatable bonds is 2. The summed E-state index contributed by atoms with van der Waals surface area (Å²) in [4.78, 5) is 2.08. The topological polar surface area (TPSA) is 40.6 Å². The highest BCUT2D eigenvalue weighted by Gasteiger charge is 2.29. The number of halogens is 1. The van der Waals surface area contributed by atoms with Crippen LogP contribution in [0.4, 0.5) is 10.1 Å². The summed E-state index contributed by atoms with van der Waals surface area (Å²) in [6.45, 7) is 3.61. The Hall–Kier alpha value is -1.14. The third-order valence-electron chi connectivity index (χ3n) is 3.18. The van der Waals surface area contributed by atoms with Gasteiger partial charge in [0.15, 0.2) is 0 Å². The number of sulfonamides is 1. The van der Waals surface area contributed by atoms with Crippen LogP contribution in [0.15, 0.2) is 24.3 Å². The number of piperazine rings is 1. The lowest BCUT2D eigenvalue weighted by atomic mass is 10.2. The van der Waals surface area contributed by atoms with Crippen LogP contribution in [0.1, 0.15) is 6.92 Å². The summed E-state index contributed by atoms with van der Waals surface area (Å²) in [5.74, 6) is -0.262. The van der Waals surface area contributed by atoms with Crippen molar-refractivity contribution in [2.75, 3.05) is 30.8 Å². The average molecular weight is 272 g/mol. The van der Waals surface area contributed by atoms with E-state index in [1.165, 1.54) is 22.7 Å². The lowest BCUT2D eigenvalue weighted by Gasteiger charge is -2.39. The molecule has 0 N–H and O–H groups in total. The fourth-order valence-corrected chi connectivity index (χ4v) is 3.45. The maximum absolute atomic E-state index is 12.8. The van der Waals surface area contributed by atoms with Crippen molar-refractivity contribution in [3.05, 3.63) is 30.1 Å². The second-order valence-electron chi connectivity index (χ2n) is 4.65. The first-order chi connectivity index (χ1) is 8.38. The first-order valence-electron chi connectivity index (χ1n) is 5.85. The molecule has 1 heterocycles. The van der Waals surface area contributed by atoms with E-state index in [1.54, 1.807) is 12.1 Å². The summed E-state index contributed by atoms with van der Waals surface area (Å²) in [5, 5.41) is 0. The number of hydrogen-bond donors (Lipinski definition) is 0. The first kappa shape index (κ1) is 13.3. The Morgan fingerprint density at radius 3 is 2.33 bits per heavy atom. The SMILES string of the molecule is C[C@@H]1CN(c2ccc(F)cc2)CCN1S(C)(=O)=O. The Morgan fingerprint density at radius 2 is 1.83 bits per heavy atom. The maximum atomic E-state index is 12.8. The van der Waals surface area contributed by atoms with Crippen LogP contribution in [0.2, 0.25) is 0 Å². The standard InChI is InChI=1S/C12H17FN2O2S/c1-10-9-14(7-8-15(10)18(2,16)17)12-5-3-11(13)4-6-12/h3-6,10H,7-9H2,1-2H3/t10-/m1/s1. The first-order valence-corrected chi connectivity index (χ1v) is 7.70. The molecule has 0 bridgehead atoms. The van der Waals surface area contributed by atoms with E-state index in [0.717, 1.165) is 5.69 Å². The van der Waals surface area contributed by atoms with E-state index in [9.17, 15) is 12.8 Å². The smallest absolute Gasteiger partial charge is 0.211 e. The van der Waals surface area contributed by atoms with Crippen molar-refractivity contribution >= 4 is 15.7 Å². The van der Waals surface area contributed by atoms with Crippen molar-refractivity contribution in [2.24, 2.45) is 0 Å². The molecule has 100 valence electrons. The minimum absolute atomic E-state index is 0.0706. The molecule has 1 aromatic rings. The highest BCUT2D eigenvalue weighted by molar-refractivity contribution is 7.88. The quantitative estimate of drug-likeness (QED) is 0.814. The summed E-state index contributed by atoms with van der Waals surface area (Å²) in [6.07, 6.45) is 1.23. The zero-order valence-electron chi connectivity index (χ0n) is 10.5. The van der Waals surface area contributed by atoms with Gasteiger partial charge in [0.25, 0.3) is 0 Å². The van der Waals surface area contributed by atoms with Crippen molar-refractivity contribution in [2.45, 2.75) is 13.0 Å². The normalized spacial score (nSPS) is 22.2. The van der Waals surface area contributed by atoms with E-state index in [-0.39, 0.29) is 11.9 Å². The second kappa shape index (κ2) is 4.85. The van der Waals surface area contributed by atoms with Crippen LogP contribution in [0, 0.1) is 5.82 Å². The van der Waals surface area contributed by atoms with Crippen LogP contribution in [0.3, 0.4) is 0 Å². The maximum Gasteiger partial charge on any atom is 0.211 e. The van der Waals surface area contributed by atoms with Gasteiger partial charge in [0.2, 0.25) is 10.0 Å². The monoisotopic (exact) mass is 272 g/mol. The predicted molar refractivity (Wildman–Crippen MR) is 69.6 cm³/mol. The lowest BCUT2D eigenvalue weighted by Crippen LogP contribution is -2.53. The van der Waals surface area contributed by atoms with Crippen LogP contribution in [0.5, 0.6) is 0 Å². The molecule has 0 unspecified atom stereocenters.